The number of aromatic hydroxyl groups is 1. The van der Waals surface area contributed by atoms with Crippen molar-refractivity contribution in [3.8, 4) is 34.0 Å². The van der Waals surface area contributed by atoms with Crippen LogP contribution in [0.3, 0.4) is 0 Å². The lowest BCUT2D eigenvalue weighted by atomic mass is 9.97. The second kappa shape index (κ2) is 11.3. The van der Waals surface area contributed by atoms with E-state index < -0.39 is 5.82 Å². The van der Waals surface area contributed by atoms with Crippen LogP contribution in [0.1, 0.15) is 19.8 Å². The molecule has 8 heteroatoms. The highest BCUT2D eigenvalue weighted by Gasteiger charge is 2.23. The van der Waals surface area contributed by atoms with E-state index in [1.54, 1.807) is 47.0 Å². The molecule has 5 rings (SSSR count). The Bertz CT molecular complexity index is 1490. The molecule has 4 aromatic rings. The molecule has 0 radical (unpaired) electrons. The zero-order valence-electron chi connectivity index (χ0n) is 21.4. The minimum absolute atomic E-state index is 0.0662. The van der Waals surface area contributed by atoms with Crippen LogP contribution in [0.5, 0.6) is 11.5 Å². The van der Waals surface area contributed by atoms with Gasteiger partial charge in [-0.3, -0.25) is 9.36 Å². The molecule has 1 aromatic heterocycles. The average molecular weight is 518 g/mol. The van der Waals surface area contributed by atoms with E-state index in [4.69, 9.17) is 14.8 Å². The summed E-state index contributed by atoms with van der Waals surface area (Å²) in [6.45, 7) is 5.36. The molecule has 7 nitrogen and oxygen atoms in total. The van der Waals surface area contributed by atoms with Crippen molar-refractivity contribution in [2.75, 3.05) is 32.8 Å². The van der Waals surface area contributed by atoms with Crippen molar-refractivity contribution in [3.05, 3.63) is 76.8 Å². The lowest BCUT2D eigenvalue weighted by Crippen LogP contribution is -2.38. The molecular weight excluding hydrogens is 485 g/mol. The number of fused-ring (bicyclic) bond motifs is 1. The number of phenolic OH excluding ortho intramolecular Hbond substituents is 1. The van der Waals surface area contributed by atoms with E-state index in [9.17, 15) is 9.90 Å². The zero-order valence-corrected chi connectivity index (χ0v) is 21.4. The third kappa shape index (κ3) is 5.42. The van der Waals surface area contributed by atoms with Gasteiger partial charge in [0.05, 0.1) is 23.1 Å². The number of phenols is 1. The summed E-state index contributed by atoms with van der Waals surface area (Å²) < 4.78 is 22.3. The molecule has 0 aliphatic carbocycles. The maximum absolute atomic E-state index is 15.4. The van der Waals surface area contributed by atoms with E-state index in [1.165, 1.54) is 6.07 Å². The number of nitrogens with zero attached hydrogens (tertiary/aromatic N) is 3. The summed E-state index contributed by atoms with van der Waals surface area (Å²) in [6, 6.07) is 16.8. The summed E-state index contributed by atoms with van der Waals surface area (Å²) in [7, 11) is 0. The van der Waals surface area contributed by atoms with E-state index in [2.05, 4.69) is 11.8 Å². The molecule has 1 aliphatic rings. The molecule has 198 valence electrons. The Morgan fingerprint density at radius 1 is 1.08 bits per heavy atom. The molecule has 2 heterocycles. The Labute approximate surface area is 220 Å². The Morgan fingerprint density at radius 2 is 1.87 bits per heavy atom. The van der Waals surface area contributed by atoms with E-state index >= 15 is 4.39 Å². The number of benzene rings is 3. The van der Waals surface area contributed by atoms with Crippen LogP contribution in [0.4, 0.5) is 4.39 Å². The summed E-state index contributed by atoms with van der Waals surface area (Å²) in [4.78, 5) is 21.2. The van der Waals surface area contributed by atoms with Crippen molar-refractivity contribution in [2.24, 2.45) is 5.92 Å². The molecule has 0 amide bonds. The zero-order chi connectivity index (χ0) is 26.6. The van der Waals surface area contributed by atoms with Crippen molar-refractivity contribution in [3.63, 3.8) is 0 Å². The maximum atomic E-state index is 15.4. The van der Waals surface area contributed by atoms with Gasteiger partial charge in [-0.2, -0.15) is 0 Å². The van der Waals surface area contributed by atoms with Gasteiger partial charge in [0.15, 0.2) is 0 Å². The van der Waals surface area contributed by atoms with Gasteiger partial charge in [-0.15, -0.1) is 0 Å². The van der Waals surface area contributed by atoms with E-state index in [-0.39, 0.29) is 36.0 Å². The number of likely N-dealkylation sites (tertiary alicyclic amines) is 1. The highest BCUT2D eigenvalue weighted by Crippen LogP contribution is 2.29. The smallest absolute Gasteiger partial charge is 0.261 e. The number of hydrogen-bond donors (Lipinski definition) is 2. The first kappa shape index (κ1) is 25.9. The van der Waals surface area contributed by atoms with Crippen LogP contribution in [0.15, 0.2) is 65.5 Å². The number of ether oxygens (including phenoxy) is 1. The van der Waals surface area contributed by atoms with Gasteiger partial charge in [0, 0.05) is 19.2 Å². The molecule has 38 heavy (non-hydrogen) atoms. The number of halogens is 1. The molecule has 3 aromatic carbocycles. The molecule has 1 aliphatic heterocycles. The predicted molar refractivity (Wildman–Crippen MR) is 146 cm³/mol. The lowest BCUT2D eigenvalue weighted by molar-refractivity contribution is 0.169. The molecule has 0 spiro atoms. The van der Waals surface area contributed by atoms with Crippen molar-refractivity contribution in [1.29, 1.82) is 0 Å². The maximum Gasteiger partial charge on any atom is 0.261 e. The van der Waals surface area contributed by atoms with Gasteiger partial charge in [-0.05, 0) is 79.4 Å². The van der Waals surface area contributed by atoms with Crippen LogP contribution < -0.4 is 10.3 Å². The lowest BCUT2D eigenvalue weighted by Gasteiger charge is -2.32. The minimum Gasteiger partial charge on any atom is -0.508 e. The quantitative estimate of drug-likeness (QED) is 0.353. The topological polar surface area (TPSA) is 87.8 Å². The van der Waals surface area contributed by atoms with E-state index in [0.29, 0.717) is 29.0 Å². The number of aliphatic hydroxyl groups is 1. The fraction of sp³-hybridized carbons (Fsp3) is 0.333. The third-order valence-corrected chi connectivity index (χ3v) is 7.19. The molecule has 1 unspecified atom stereocenters. The molecule has 1 saturated heterocycles. The average Bonchev–Trinajstić information content (AvgIpc) is 2.94. The summed E-state index contributed by atoms with van der Waals surface area (Å²) in [5.74, 6) is 0.473. The molecule has 1 atom stereocenters. The van der Waals surface area contributed by atoms with Crippen molar-refractivity contribution in [1.82, 2.24) is 14.5 Å². The Hall–Kier alpha value is -3.75. The largest absolute Gasteiger partial charge is 0.508 e. The van der Waals surface area contributed by atoms with Gasteiger partial charge < -0.3 is 19.8 Å². The standard InChI is InChI=1S/C30H32FN3O4/c1-2-33-13-3-4-20(18-33)19-34-29(25-11-10-24(17-27(25)31)38-15-14-35)32-28-12-7-22(16-26(28)30(34)37)21-5-8-23(36)9-6-21/h5-12,16-17,20,35-36H,2-4,13-15,18-19H2,1H3. The number of aromatic nitrogens is 2. The molecule has 0 saturated carbocycles. The number of hydrogen-bond acceptors (Lipinski definition) is 6. The van der Waals surface area contributed by atoms with Gasteiger partial charge in [-0.1, -0.05) is 25.1 Å². The van der Waals surface area contributed by atoms with Gasteiger partial charge in [0.2, 0.25) is 0 Å². The molecule has 1 fully saturated rings. The highest BCUT2D eigenvalue weighted by atomic mass is 19.1. The normalized spacial score (nSPS) is 16.1. The predicted octanol–water partition coefficient (Wildman–Crippen LogP) is 4.68. The number of rotatable bonds is 8. The fourth-order valence-corrected chi connectivity index (χ4v) is 5.21. The van der Waals surface area contributed by atoms with Crippen LogP contribution in [0, 0.1) is 11.7 Å². The van der Waals surface area contributed by atoms with Gasteiger partial charge in [0.25, 0.3) is 5.56 Å². The summed E-state index contributed by atoms with van der Waals surface area (Å²) in [6.07, 6.45) is 2.05. The van der Waals surface area contributed by atoms with Gasteiger partial charge in [-0.25, -0.2) is 9.37 Å². The molecule has 2 N–H and O–H groups in total. The monoisotopic (exact) mass is 517 g/mol. The first-order chi connectivity index (χ1) is 18.5. The summed E-state index contributed by atoms with van der Waals surface area (Å²) >= 11 is 0. The minimum atomic E-state index is -0.542. The van der Waals surface area contributed by atoms with E-state index in [1.807, 2.05) is 12.1 Å². The van der Waals surface area contributed by atoms with Crippen LogP contribution in [-0.4, -0.2) is 57.5 Å². The Balaban J connectivity index is 1.62. The van der Waals surface area contributed by atoms with Gasteiger partial charge >= 0.3 is 0 Å². The second-order valence-corrected chi connectivity index (χ2v) is 9.75. The Kier molecular flexibility index (Phi) is 7.72. The highest BCUT2D eigenvalue weighted by molar-refractivity contribution is 5.85. The van der Waals surface area contributed by atoms with Crippen molar-refractivity contribution >= 4 is 10.9 Å². The summed E-state index contributed by atoms with van der Waals surface area (Å²) in [5, 5.41) is 19.1. The Morgan fingerprint density at radius 3 is 2.61 bits per heavy atom. The van der Waals surface area contributed by atoms with Gasteiger partial charge in [0.1, 0.15) is 29.7 Å². The third-order valence-electron chi connectivity index (χ3n) is 7.19. The van der Waals surface area contributed by atoms with Crippen molar-refractivity contribution in [2.45, 2.75) is 26.3 Å². The summed E-state index contributed by atoms with van der Waals surface area (Å²) in [5.41, 5.74) is 2.21. The SMILES string of the molecule is CCN1CCCC(Cn2c(-c3ccc(OCCO)cc3F)nc3ccc(-c4ccc(O)cc4)cc3c2=O)C1. The first-order valence-electron chi connectivity index (χ1n) is 13.1. The molecular formula is C30H32FN3O4. The van der Waals surface area contributed by atoms with Crippen LogP contribution in [0.2, 0.25) is 0 Å². The number of piperidine rings is 1. The number of aliphatic hydroxyl groups excluding tert-OH is 1. The van der Waals surface area contributed by atoms with Crippen LogP contribution >= 0.6 is 0 Å². The van der Waals surface area contributed by atoms with E-state index in [0.717, 1.165) is 43.6 Å². The van der Waals surface area contributed by atoms with Crippen LogP contribution in [-0.2, 0) is 6.54 Å². The fourth-order valence-electron chi connectivity index (χ4n) is 5.21. The molecule has 0 bridgehead atoms. The van der Waals surface area contributed by atoms with Crippen molar-refractivity contribution < 1.29 is 19.3 Å². The first-order valence-corrected chi connectivity index (χ1v) is 13.1. The second-order valence-electron chi connectivity index (χ2n) is 9.75. The van der Waals surface area contributed by atoms with Crippen LogP contribution in [0.25, 0.3) is 33.4 Å².